The zero-order valence-corrected chi connectivity index (χ0v) is 17.4. The van der Waals surface area contributed by atoms with Crippen molar-refractivity contribution >= 4 is 21.7 Å². The number of rotatable bonds is 9. The highest BCUT2D eigenvalue weighted by Crippen LogP contribution is 2.21. The lowest BCUT2D eigenvalue weighted by molar-refractivity contribution is -0.384. The number of carbonyl (C=O) groups is 1. The molecule has 9 heteroatoms. The van der Waals surface area contributed by atoms with Gasteiger partial charge in [-0.15, -0.1) is 0 Å². The molecule has 29 heavy (non-hydrogen) atoms. The number of hydrogen-bond donors (Lipinski definition) is 0. The molecule has 1 amide bonds. The van der Waals surface area contributed by atoms with Crippen molar-refractivity contribution < 1.29 is 22.3 Å². The molecule has 0 heterocycles. The van der Waals surface area contributed by atoms with Crippen molar-refractivity contribution in [3.63, 3.8) is 0 Å². The molecule has 2 aromatic rings. The summed E-state index contributed by atoms with van der Waals surface area (Å²) in [5.74, 6) is -0.312. The van der Waals surface area contributed by atoms with Gasteiger partial charge in [-0.25, -0.2) is 0 Å². The van der Waals surface area contributed by atoms with Crippen LogP contribution >= 0.6 is 0 Å². The van der Waals surface area contributed by atoms with E-state index in [4.69, 9.17) is 4.18 Å². The zero-order chi connectivity index (χ0) is 21.6. The number of non-ortho nitro benzene ring substituents is 1. The lowest BCUT2D eigenvalue weighted by Gasteiger charge is -2.29. The molecule has 0 aliphatic carbocycles. The molecule has 0 spiro atoms. The van der Waals surface area contributed by atoms with E-state index in [2.05, 4.69) is 0 Å². The molecule has 0 N–H and O–H groups in total. The quantitative estimate of drug-likeness (QED) is 0.347. The first-order valence-corrected chi connectivity index (χ1v) is 10.8. The van der Waals surface area contributed by atoms with Crippen LogP contribution in [0.2, 0.25) is 0 Å². The fraction of sp³-hybridized carbons (Fsp3) is 0.350. The first-order valence-electron chi connectivity index (χ1n) is 9.23. The van der Waals surface area contributed by atoms with Crippen LogP contribution in [-0.2, 0) is 16.7 Å². The molecule has 0 radical (unpaired) electrons. The molecule has 8 nitrogen and oxygen atoms in total. The highest BCUT2D eigenvalue weighted by molar-refractivity contribution is 7.87. The molecule has 0 aliphatic rings. The second kappa shape index (κ2) is 9.51. The van der Waals surface area contributed by atoms with Crippen molar-refractivity contribution in [2.45, 2.75) is 39.8 Å². The van der Waals surface area contributed by atoms with E-state index in [-0.39, 0.29) is 41.2 Å². The number of hydrogen-bond acceptors (Lipinski definition) is 6. The van der Waals surface area contributed by atoms with Gasteiger partial charge in [0, 0.05) is 30.3 Å². The van der Waals surface area contributed by atoms with Crippen LogP contribution in [0.5, 0.6) is 5.75 Å². The summed E-state index contributed by atoms with van der Waals surface area (Å²) >= 11 is 0. The average molecular weight is 420 g/mol. The average Bonchev–Trinajstić information content (AvgIpc) is 2.71. The molecule has 1 atom stereocenters. The van der Waals surface area contributed by atoms with Crippen molar-refractivity contribution in [1.82, 2.24) is 4.90 Å². The summed E-state index contributed by atoms with van der Waals surface area (Å²) in [6.07, 6.45) is 0.682. The third kappa shape index (κ3) is 6.02. The third-order valence-electron chi connectivity index (χ3n) is 4.52. The minimum atomic E-state index is -3.66. The summed E-state index contributed by atoms with van der Waals surface area (Å²) < 4.78 is 28.4. The lowest BCUT2D eigenvalue weighted by atomic mass is 10.1. The number of nitro benzene ring substituents is 1. The maximum atomic E-state index is 13.1. The van der Waals surface area contributed by atoms with E-state index < -0.39 is 15.0 Å². The third-order valence-corrected chi connectivity index (χ3v) is 5.67. The summed E-state index contributed by atoms with van der Waals surface area (Å²) in [7, 11) is -3.66. The van der Waals surface area contributed by atoms with E-state index in [1.165, 1.54) is 37.3 Å². The van der Waals surface area contributed by atoms with Crippen molar-refractivity contribution in [1.29, 1.82) is 0 Å². The minimum Gasteiger partial charge on any atom is -0.382 e. The van der Waals surface area contributed by atoms with Crippen molar-refractivity contribution in [3.8, 4) is 5.75 Å². The smallest absolute Gasteiger partial charge is 0.308 e. The van der Waals surface area contributed by atoms with Crippen LogP contribution in [0.1, 0.15) is 43.1 Å². The van der Waals surface area contributed by atoms with Gasteiger partial charge in [0.05, 0.1) is 10.7 Å². The van der Waals surface area contributed by atoms with Crippen molar-refractivity contribution in [2.75, 3.05) is 5.75 Å². The van der Waals surface area contributed by atoms with Crippen molar-refractivity contribution in [3.05, 3.63) is 69.8 Å². The van der Waals surface area contributed by atoms with Gasteiger partial charge in [0.2, 0.25) is 0 Å². The highest BCUT2D eigenvalue weighted by atomic mass is 32.2. The summed E-state index contributed by atoms with van der Waals surface area (Å²) in [5, 5.41) is 11.0. The SMILES string of the molecule is CCC(C)N(Cc1cccc(OS(=O)(=O)CC)c1)C(=O)c1cccc([N+](=O)[O-])c1. The van der Waals surface area contributed by atoms with Crippen LogP contribution in [-0.4, -0.2) is 35.9 Å². The Balaban J connectivity index is 2.31. The first-order chi connectivity index (χ1) is 13.7. The van der Waals surface area contributed by atoms with Gasteiger partial charge < -0.3 is 9.08 Å². The molecule has 0 saturated heterocycles. The summed E-state index contributed by atoms with van der Waals surface area (Å²) in [6, 6.07) is 12.0. The van der Waals surface area contributed by atoms with E-state index >= 15 is 0 Å². The normalized spacial score (nSPS) is 12.2. The summed E-state index contributed by atoms with van der Waals surface area (Å²) in [6.45, 7) is 5.52. The number of nitro groups is 1. The summed E-state index contributed by atoms with van der Waals surface area (Å²) in [5.41, 5.74) is 0.758. The zero-order valence-electron chi connectivity index (χ0n) is 16.6. The molecular formula is C20H24N2O6S. The standard InChI is InChI=1S/C20H24N2O6S/c1-4-15(3)21(20(23)17-9-7-10-18(13-17)22(24)25)14-16-8-6-11-19(12-16)28-29(26,27)5-2/h6-13,15H,4-5,14H2,1-3H3. The Morgan fingerprint density at radius 2 is 1.86 bits per heavy atom. The van der Waals surface area contributed by atoms with Crippen LogP contribution in [0.25, 0.3) is 0 Å². The largest absolute Gasteiger partial charge is 0.382 e. The minimum absolute atomic E-state index is 0.134. The van der Waals surface area contributed by atoms with E-state index in [0.717, 1.165) is 0 Å². The second-order valence-electron chi connectivity index (χ2n) is 6.57. The molecule has 0 bridgehead atoms. The van der Waals surface area contributed by atoms with Gasteiger partial charge in [0.1, 0.15) is 5.75 Å². The topological polar surface area (TPSA) is 107 Å². The molecule has 0 aliphatic heterocycles. The predicted octanol–water partition coefficient (Wildman–Crippen LogP) is 3.76. The van der Waals surface area contributed by atoms with E-state index in [1.807, 2.05) is 13.8 Å². The lowest BCUT2D eigenvalue weighted by Crippen LogP contribution is -2.37. The number of carbonyl (C=O) groups excluding carboxylic acids is 1. The molecule has 0 saturated carbocycles. The van der Waals surface area contributed by atoms with Gasteiger partial charge in [-0.05, 0) is 44.0 Å². The van der Waals surface area contributed by atoms with E-state index in [1.54, 1.807) is 23.1 Å². The fourth-order valence-electron chi connectivity index (χ4n) is 2.66. The van der Waals surface area contributed by atoms with Gasteiger partial charge in [0.25, 0.3) is 11.6 Å². The van der Waals surface area contributed by atoms with Crippen LogP contribution in [0, 0.1) is 10.1 Å². The van der Waals surface area contributed by atoms with Crippen LogP contribution in [0.4, 0.5) is 5.69 Å². The van der Waals surface area contributed by atoms with Gasteiger partial charge in [-0.3, -0.25) is 14.9 Å². The molecular weight excluding hydrogens is 396 g/mol. The molecule has 156 valence electrons. The molecule has 0 aromatic heterocycles. The molecule has 0 fully saturated rings. The van der Waals surface area contributed by atoms with E-state index in [9.17, 15) is 23.3 Å². The predicted molar refractivity (Wildman–Crippen MR) is 109 cm³/mol. The highest BCUT2D eigenvalue weighted by Gasteiger charge is 2.23. The number of nitrogens with zero attached hydrogens (tertiary/aromatic N) is 2. The number of benzene rings is 2. The summed E-state index contributed by atoms with van der Waals surface area (Å²) in [4.78, 5) is 25.1. The van der Waals surface area contributed by atoms with Gasteiger partial charge in [0.15, 0.2) is 0 Å². The molecule has 1 unspecified atom stereocenters. The Kier molecular flexibility index (Phi) is 7.33. The first kappa shape index (κ1) is 22.4. The Morgan fingerprint density at radius 3 is 2.48 bits per heavy atom. The Morgan fingerprint density at radius 1 is 1.17 bits per heavy atom. The Bertz CT molecular complexity index is 990. The second-order valence-corrected chi connectivity index (χ2v) is 8.43. The Hall–Kier alpha value is -2.94. The monoisotopic (exact) mass is 420 g/mol. The van der Waals surface area contributed by atoms with Gasteiger partial charge in [-0.2, -0.15) is 8.42 Å². The van der Waals surface area contributed by atoms with Crippen molar-refractivity contribution in [2.24, 2.45) is 0 Å². The fourth-order valence-corrected chi connectivity index (χ4v) is 3.18. The Labute approximate surface area is 170 Å². The van der Waals surface area contributed by atoms with Crippen LogP contribution < -0.4 is 4.18 Å². The van der Waals surface area contributed by atoms with Gasteiger partial charge in [-0.1, -0.05) is 25.1 Å². The molecule has 2 rings (SSSR count). The van der Waals surface area contributed by atoms with Crippen LogP contribution in [0.3, 0.4) is 0 Å². The number of amides is 1. The molecule has 2 aromatic carbocycles. The van der Waals surface area contributed by atoms with Gasteiger partial charge >= 0.3 is 10.1 Å². The van der Waals surface area contributed by atoms with E-state index in [0.29, 0.717) is 12.0 Å². The maximum Gasteiger partial charge on any atom is 0.308 e. The van der Waals surface area contributed by atoms with Crippen LogP contribution in [0.15, 0.2) is 48.5 Å². The maximum absolute atomic E-state index is 13.1.